The molecule has 0 spiro atoms. The zero-order valence-corrected chi connectivity index (χ0v) is 20.1. The molecule has 0 bridgehead atoms. The Labute approximate surface area is 202 Å². The van der Waals surface area contributed by atoms with Crippen molar-refractivity contribution in [1.82, 2.24) is 4.90 Å². The fourth-order valence-electron chi connectivity index (χ4n) is 4.83. The van der Waals surface area contributed by atoms with Gasteiger partial charge in [-0.15, -0.1) is 0 Å². The van der Waals surface area contributed by atoms with Gasteiger partial charge in [-0.25, -0.2) is 0 Å². The maximum atomic E-state index is 6.38. The summed E-state index contributed by atoms with van der Waals surface area (Å²) in [5.41, 5.74) is 6.19. The summed E-state index contributed by atoms with van der Waals surface area (Å²) in [6, 6.07) is 23.5. The van der Waals surface area contributed by atoms with E-state index < -0.39 is 0 Å². The van der Waals surface area contributed by atoms with Crippen molar-refractivity contribution in [3.63, 3.8) is 0 Å². The average Bonchev–Trinajstić information content (AvgIpc) is 3.33. The van der Waals surface area contributed by atoms with Crippen molar-refractivity contribution in [3.05, 3.63) is 82.9 Å². The van der Waals surface area contributed by atoms with Crippen LogP contribution in [-0.4, -0.2) is 44.7 Å². The van der Waals surface area contributed by atoms with Crippen LogP contribution in [0.4, 0.5) is 17.1 Å². The summed E-state index contributed by atoms with van der Waals surface area (Å²) in [5.74, 6) is 0.922. The molecule has 1 fully saturated rings. The summed E-state index contributed by atoms with van der Waals surface area (Å²) < 4.78 is 6.11. The molecule has 2 aliphatic rings. The zero-order valence-electron chi connectivity index (χ0n) is 19.3. The average molecular weight is 462 g/mol. The maximum Gasteiger partial charge on any atom is 0.143 e. The Kier molecular flexibility index (Phi) is 6.75. The largest absolute Gasteiger partial charge is 0.487 e. The lowest BCUT2D eigenvalue weighted by atomic mass is 10.1. The van der Waals surface area contributed by atoms with Crippen LogP contribution in [0.3, 0.4) is 0 Å². The number of benzene rings is 3. The van der Waals surface area contributed by atoms with Crippen LogP contribution >= 0.6 is 11.6 Å². The predicted octanol–water partition coefficient (Wildman–Crippen LogP) is 6.15. The van der Waals surface area contributed by atoms with Gasteiger partial charge in [-0.2, -0.15) is 0 Å². The van der Waals surface area contributed by atoms with Gasteiger partial charge in [0.1, 0.15) is 12.4 Å². The summed E-state index contributed by atoms with van der Waals surface area (Å²) in [7, 11) is 2.21. The van der Waals surface area contributed by atoms with E-state index in [1.807, 2.05) is 18.2 Å². The summed E-state index contributed by atoms with van der Waals surface area (Å²) in [5, 5.41) is 0.754. The van der Waals surface area contributed by atoms with E-state index in [-0.39, 0.29) is 0 Å². The van der Waals surface area contributed by atoms with Crippen molar-refractivity contribution in [2.75, 3.05) is 49.6 Å². The van der Waals surface area contributed by atoms with Gasteiger partial charge in [0, 0.05) is 54.7 Å². The number of para-hydroxylation sites is 2. The van der Waals surface area contributed by atoms with Crippen molar-refractivity contribution < 1.29 is 4.74 Å². The second-order valence-corrected chi connectivity index (χ2v) is 9.53. The molecule has 0 radical (unpaired) electrons. The first-order chi connectivity index (χ1) is 16.2. The number of fused-ring (bicyclic) bond motifs is 2. The number of hydrogen-bond acceptors (Lipinski definition) is 4. The lowest BCUT2D eigenvalue weighted by molar-refractivity contribution is 0.310. The Morgan fingerprint density at radius 2 is 1.76 bits per heavy atom. The van der Waals surface area contributed by atoms with Gasteiger partial charge in [-0.3, -0.25) is 0 Å². The van der Waals surface area contributed by atoms with E-state index in [1.165, 1.54) is 37.2 Å². The van der Waals surface area contributed by atoms with Crippen molar-refractivity contribution >= 4 is 28.7 Å². The molecular weight excluding hydrogens is 430 g/mol. The van der Waals surface area contributed by atoms with E-state index in [2.05, 4.69) is 70.3 Å². The highest BCUT2D eigenvalue weighted by atomic mass is 35.5. The fraction of sp³-hybridized carbons (Fsp3) is 0.357. The first-order valence-corrected chi connectivity index (χ1v) is 12.4. The van der Waals surface area contributed by atoms with Gasteiger partial charge in [0.25, 0.3) is 0 Å². The lowest BCUT2D eigenvalue weighted by Crippen LogP contribution is -2.32. The first-order valence-electron chi connectivity index (χ1n) is 12.0. The molecule has 0 saturated carbocycles. The van der Waals surface area contributed by atoms with E-state index >= 15 is 0 Å². The van der Waals surface area contributed by atoms with Crippen LogP contribution in [0.2, 0.25) is 5.02 Å². The monoisotopic (exact) mass is 461 g/mol. The van der Waals surface area contributed by atoms with E-state index in [1.54, 1.807) is 0 Å². The summed E-state index contributed by atoms with van der Waals surface area (Å²) in [4.78, 5) is 7.28. The number of rotatable bonds is 7. The maximum absolute atomic E-state index is 6.38. The molecule has 5 heteroatoms. The second kappa shape index (κ2) is 10.1. The van der Waals surface area contributed by atoms with Crippen molar-refractivity contribution in [2.24, 2.45) is 0 Å². The molecule has 0 N–H and O–H groups in total. The van der Waals surface area contributed by atoms with Gasteiger partial charge in [0.2, 0.25) is 0 Å². The van der Waals surface area contributed by atoms with E-state index in [0.29, 0.717) is 6.61 Å². The Morgan fingerprint density at radius 3 is 2.64 bits per heavy atom. The van der Waals surface area contributed by atoms with Crippen molar-refractivity contribution in [3.8, 4) is 5.75 Å². The first kappa shape index (κ1) is 22.1. The number of anilines is 3. The Bertz CT molecular complexity index is 1100. The Balaban J connectivity index is 1.26. The molecule has 172 valence electrons. The molecule has 3 aromatic carbocycles. The van der Waals surface area contributed by atoms with Crippen molar-refractivity contribution in [1.29, 1.82) is 0 Å². The molecule has 3 aromatic rings. The van der Waals surface area contributed by atoms with E-state index in [9.17, 15) is 0 Å². The minimum absolute atomic E-state index is 0.559. The summed E-state index contributed by atoms with van der Waals surface area (Å²) in [6.07, 6.45) is 3.68. The third kappa shape index (κ3) is 5.13. The van der Waals surface area contributed by atoms with Crippen molar-refractivity contribution in [2.45, 2.75) is 25.9 Å². The quantitative estimate of drug-likeness (QED) is 0.420. The highest BCUT2D eigenvalue weighted by molar-refractivity contribution is 6.30. The predicted molar refractivity (Wildman–Crippen MR) is 138 cm³/mol. The van der Waals surface area contributed by atoms with Crippen LogP contribution in [-0.2, 0) is 13.0 Å². The normalized spacial score (nSPS) is 15.2. The van der Waals surface area contributed by atoms with E-state index in [0.717, 1.165) is 53.8 Å². The van der Waals surface area contributed by atoms with Gasteiger partial charge < -0.3 is 19.4 Å². The molecular formula is C28H32ClN3O. The molecule has 0 atom stereocenters. The summed E-state index contributed by atoms with van der Waals surface area (Å²) in [6.45, 7) is 5.79. The molecule has 2 heterocycles. The molecule has 4 nitrogen and oxygen atoms in total. The Morgan fingerprint density at radius 1 is 0.909 bits per heavy atom. The highest BCUT2D eigenvalue weighted by Crippen LogP contribution is 2.40. The fourth-order valence-corrected chi connectivity index (χ4v) is 4.99. The van der Waals surface area contributed by atoms with Gasteiger partial charge >= 0.3 is 0 Å². The van der Waals surface area contributed by atoms with Gasteiger partial charge in [-0.1, -0.05) is 41.9 Å². The Hall–Kier alpha value is -2.69. The number of ether oxygens (including phenoxy) is 1. The van der Waals surface area contributed by atoms with E-state index in [4.69, 9.17) is 16.3 Å². The zero-order chi connectivity index (χ0) is 22.6. The van der Waals surface area contributed by atoms with Crippen LogP contribution in [0.1, 0.15) is 24.0 Å². The number of hydrogen-bond donors (Lipinski definition) is 0. The molecule has 1 saturated heterocycles. The topological polar surface area (TPSA) is 19.0 Å². The third-order valence-corrected chi connectivity index (χ3v) is 6.98. The SMILES string of the molecule is CN(CCc1cccc(N2CCCC2)c1)CCN1c2cc(Cl)ccc2COc2ccccc21. The van der Waals surface area contributed by atoms with Crippen LogP contribution in [0.15, 0.2) is 66.7 Å². The molecule has 0 amide bonds. The molecule has 33 heavy (non-hydrogen) atoms. The van der Waals surface area contributed by atoms with Gasteiger partial charge in [-0.05, 0) is 68.3 Å². The number of nitrogens with zero attached hydrogens (tertiary/aromatic N) is 3. The lowest BCUT2D eigenvalue weighted by Gasteiger charge is -2.28. The smallest absolute Gasteiger partial charge is 0.143 e. The summed E-state index contributed by atoms with van der Waals surface area (Å²) >= 11 is 6.38. The highest BCUT2D eigenvalue weighted by Gasteiger charge is 2.22. The molecule has 5 rings (SSSR count). The van der Waals surface area contributed by atoms with Crippen LogP contribution < -0.4 is 14.5 Å². The minimum Gasteiger partial charge on any atom is -0.487 e. The van der Waals surface area contributed by atoms with Crippen LogP contribution in [0, 0.1) is 0 Å². The molecule has 2 aliphatic heterocycles. The molecule has 0 aliphatic carbocycles. The van der Waals surface area contributed by atoms with Gasteiger partial charge in [0.05, 0.1) is 5.69 Å². The second-order valence-electron chi connectivity index (χ2n) is 9.10. The standard InChI is InChI=1S/C28H32ClN3O/c1-30(16-13-22-7-6-8-25(19-22)31-14-4-5-15-31)17-18-32-26-9-2-3-10-28(26)33-21-23-11-12-24(29)20-27(23)32/h2-3,6-12,19-20H,4-5,13-18,21H2,1H3. The van der Waals surface area contributed by atoms with Gasteiger partial charge in [0.15, 0.2) is 0 Å². The molecule has 0 aromatic heterocycles. The van der Waals surface area contributed by atoms with Crippen LogP contribution in [0.25, 0.3) is 0 Å². The molecule has 0 unspecified atom stereocenters. The minimum atomic E-state index is 0.559. The van der Waals surface area contributed by atoms with Crippen LogP contribution in [0.5, 0.6) is 5.75 Å². The number of halogens is 1. The third-order valence-electron chi connectivity index (χ3n) is 6.75. The number of likely N-dealkylation sites (N-methyl/N-ethyl adjacent to an activating group) is 1.